The first-order valence-electron chi connectivity index (χ1n) is 8.04. The van der Waals surface area contributed by atoms with Crippen molar-refractivity contribution in [1.29, 1.82) is 0 Å². The molecular formula is C19H10BrN3O3S. The van der Waals surface area contributed by atoms with Gasteiger partial charge in [-0.15, -0.1) is 11.3 Å². The summed E-state index contributed by atoms with van der Waals surface area (Å²) in [5, 5.41) is 2.71. The van der Waals surface area contributed by atoms with E-state index in [2.05, 4.69) is 25.9 Å². The average molecular weight is 440 g/mol. The normalized spacial score (nSPS) is 16.1. The smallest absolute Gasteiger partial charge is 0.297 e. The summed E-state index contributed by atoms with van der Waals surface area (Å²) in [5.74, 6) is -0.324. The van der Waals surface area contributed by atoms with E-state index in [1.165, 1.54) is 16.2 Å². The zero-order valence-electron chi connectivity index (χ0n) is 13.6. The molecule has 4 heterocycles. The highest BCUT2D eigenvalue weighted by molar-refractivity contribution is 9.10. The first kappa shape index (κ1) is 16.3. The van der Waals surface area contributed by atoms with E-state index in [9.17, 15) is 9.59 Å². The summed E-state index contributed by atoms with van der Waals surface area (Å²) in [6, 6.07) is 8.14. The van der Waals surface area contributed by atoms with E-state index in [1.807, 2.05) is 6.07 Å². The second-order valence-electron chi connectivity index (χ2n) is 5.99. The molecule has 3 aromatic heterocycles. The number of halogens is 1. The molecule has 0 fully saturated rings. The van der Waals surface area contributed by atoms with Gasteiger partial charge in [0.2, 0.25) is 5.76 Å². The number of hydrogen-bond donors (Lipinski definition) is 0. The number of anilines is 1. The minimum Gasteiger partial charge on any atom is -0.450 e. The van der Waals surface area contributed by atoms with Crippen molar-refractivity contribution in [2.45, 2.75) is 6.04 Å². The third kappa shape index (κ3) is 2.44. The van der Waals surface area contributed by atoms with Crippen molar-refractivity contribution in [2.75, 3.05) is 4.90 Å². The van der Waals surface area contributed by atoms with E-state index < -0.39 is 6.04 Å². The second-order valence-corrected chi connectivity index (χ2v) is 7.78. The fraction of sp³-hybridized carbons (Fsp3) is 0.0526. The van der Waals surface area contributed by atoms with Gasteiger partial charge in [-0.05, 0) is 29.8 Å². The fourth-order valence-corrected chi connectivity index (χ4v) is 4.36. The monoisotopic (exact) mass is 439 g/mol. The molecule has 0 N–H and O–H groups in total. The average Bonchev–Trinajstić information content (AvgIpc) is 3.30. The molecule has 1 aromatic carbocycles. The van der Waals surface area contributed by atoms with Gasteiger partial charge in [-0.2, -0.15) is 0 Å². The van der Waals surface area contributed by atoms with Crippen LogP contribution in [0.3, 0.4) is 0 Å². The van der Waals surface area contributed by atoms with Crippen LogP contribution in [0.2, 0.25) is 0 Å². The Balaban J connectivity index is 1.85. The van der Waals surface area contributed by atoms with Gasteiger partial charge in [0.25, 0.3) is 5.91 Å². The van der Waals surface area contributed by atoms with E-state index in [1.54, 1.807) is 48.2 Å². The number of carbonyl (C=O) groups excluding carboxylic acids is 1. The van der Waals surface area contributed by atoms with Gasteiger partial charge in [0.15, 0.2) is 10.6 Å². The van der Waals surface area contributed by atoms with Gasteiger partial charge < -0.3 is 4.42 Å². The Labute approximate surface area is 165 Å². The molecule has 0 saturated heterocycles. The van der Waals surface area contributed by atoms with Crippen LogP contribution in [0.15, 0.2) is 68.0 Å². The SMILES string of the molecule is O=C1c2oc3ccc(Br)cc3c(=O)c2C(c2cccnc2)N1c1nccs1. The lowest BCUT2D eigenvalue weighted by Crippen LogP contribution is -2.29. The largest absolute Gasteiger partial charge is 0.450 e. The molecule has 0 bridgehead atoms. The van der Waals surface area contributed by atoms with Crippen LogP contribution in [0, 0.1) is 0 Å². The molecule has 1 atom stereocenters. The predicted octanol–water partition coefficient (Wildman–Crippen LogP) is 4.16. The molecule has 6 nitrogen and oxygen atoms in total. The minimum absolute atomic E-state index is 0.0545. The number of thiazole rings is 1. The molecule has 0 spiro atoms. The molecule has 0 radical (unpaired) electrons. The number of fused-ring (bicyclic) bond motifs is 2. The first-order valence-corrected chi connectivity index (χ1v) is 9.71. The Bertz CT molecular complexity index is 1240. The lowest BCUT2D eigenvalue weighted by atomic mass is 10.0. The Kier molecular flexibility index (Phi) is 3.70. The minimum atomic E-state index is -0.632. The van der Waals surface area contributed by atoms with Crippen molar-refractivity contribution in [3.05, 3.63) is 85.9 Å². The lowest BCUT2D eigenvalue weighted by Gasteiger charge is -2.22. The maximum atomic E-state index is 13.3. The van der Waals surface area contributed by atoms with E-state index >= 15 is 0 Å². The number of rotatable bonds is 2. The summed E-state index contributed by atoms with van der Waals surface area (Å²) >= 11 is 4.71. The molecule has 132 valence electrons. The molecule has 8 heteroatoms. The first-order chi connectivity index (χ1) is 13.1. The number of benzene rings is 1. The van der Waals surface area contributed by atoms with Crippen molar-refractivity contribution in [3.63, 3.8) is 0 Å². The van der Waals surface area contributed by atoms with Crippen LogP contribution in [-0.4, -0.2) is 15.9 Å². The van der Waals surface area contributed by atoms with Crippen molar-refractivity contribution in [2.24, 2.45) is 0 Å². The van der Waals surface area contributed by atoms with Gasteiger partial charge in [0.1, 0.15) is 5.58 Å². The summed E-state index contributed by atoms with van der Waals surface area (Å²) in [5.41, 5.74) is 1.19. The molecule has 5 rings (SSSR count). The number of aromatic nitrogens is 2. The quantitative estimate of drug-likeness (QED) is 0.468. The fourth-order valence-electron chi connectivity index (χ4n) is 3.33. The van der Waals surface area contributed by atoms with Crippen LogP contribution in [0.4, 0.5) is 5.13 Å². The molecule has 0 aliphatic carbocycles. The van der Waals surface area contributed by atoms with E-state index in [-0.39, 0.29) is 17.1 Å². The zero-order valence-corrected chi connectivity index (χ0v) is 16.0. The Morgan fingerprint density at radius 3 is 2.81 bits per heavy atom. The van der Waals surface area contributed by atoms with Crippen molar-refractivity contribution in [1.82, 2.24) is 9.97 Å². The summed E-state index contributed by atoms with van der Waals surface area (Å²) in [6.45, 7) is 0. The van der Waals surface area contributed by atoms with Gasteiger partial charge >= 0.3 is 0 Å². The van der Waals surface area contributed by atoms with Crippen molar-refractivity contribution < 1.29 is 9.21 Å². The standard InChI is InChI=1S/C19H10BrN3O3S/c20-11-3-4-13-12(8-11)16(24)14-15(10-2-1-5-21-9-10)23(18(25)17(14)26-13)19-22-6-7-27-19/h1-9,15H. The molecule has 0 saturated carbocycles. The Hall–Kier alpha value is -2.84. The van der Waals surface area contributed by atoms with Crippen LogP contribution < -0.4 is 10.3 Å². The van der Waals surface area contributed by atoms with Crippen LogP contribution >= 0.6 is 27.3 Å². The highest BCUT2D eigenvalue weighted by Gasteiger charge is 2.44. The van der Waals surface area contributed by atoms with Crippen molar-refractivity contribution >= 4 is 49.3 Å². The molecule has 1 amide bonds. The number of nitrogens with zero attached hydrogens (tertiary/aromatic N) is 3. The molecule has 4 aromatic rings. The van der Waals surface area contributed by atoms with Crippen LogP contribution in [-0.2, 0) is 0 Å². The topological polar surface area (TPSA) is 76.3 Å². The van der Waals surface area contributed by atoms with E-state index in [4.69, 9.17) is 4.42 Å². The lowest BCUT2D eigenvalue weighted by molar-refractivity contribution is 0.0971. The number of pyridine rings is 1. The van der Waals surface area contributed by atoms with Gasteiger partial charge in [-0.3, -0.25) is 19.5 Å². The van der Waals surface area contributed by atoms with E-state index in [0.717, 1.165) is 10.0 Å². The number of carbonyl (C=O) groups is 1. The predicted molar refractivity (Wildman–Crippen MR) is 105 cm³/mol. The maximum absolute atomic E-state index is 13.3. The number of hydrogen-bond acceptors (Lipinski definition) is 6. The second kappa shape index (κ2) is 6.11. The molecule has 1 unspecified atom stereocenters. The third-order valence-corrected chi connectivity index (χ3v) is 5.72. The van der Waals surface area contributed by atoms with Crippen LogP contribution in [0.1, 0.15) is 27.7 Å². The van der Waals surface area contributed by atoms with E-state index in [0.29, 0.717) is 21.7 Å². The maximum Gasteiger partial charge on any atom is 0.297 e. The van der Waals surface area contributed by atoms with Gasteiger partial charge in [0.05, 0.1) is 17.0 Å². The highest BCUT2D eigenvalue weighted by Crippen LogP contribution is 2.41. The summed E-state index contributed by atoms with van der Waals surface area (Å²) in [4.78, 5) is 36.4. The third-order valence-electron chi connectivity index (χ3n) is 4.46. The van der Waals surface area contributed by atoms with Gasteiger partial charge in [0, 0.05) is 28.4 Å². The number of amides is 1. The molecule has 1 aliphatic heterocycles. The summed E-state index contributed by atoms with van der Waals surface area (Å²) in [6.07, 6.45) is 4.92. The van der Waals surface area contributed by atoms with Crippen molar-refractivity contribution in [3.8, 4) is 0 Å². The Morgan fingerprint density at radius 1 is 1.19 bits per heavy atom. The van der Waals surface area contributed by atoms with Crippen LogP contribution in [0.5, 0.6) is 0 Å². The summed E-state index contributed by atoms with van der Waals surface area (Å²) < 4.78 is 6.64. The van der Waals surface area contributed by atoms with Gasteiger partial charge in [-0.1, -0.05) is 22.0 Å². The molecule has 1 aliphatic rings. The zero-order chi connectivity index (χ0) is 18.5. The van der Waals surface area contributed by atoms with Gasteiger partial charge in [-0.25, -0.2) is 4.98 Å². The van der Waals surface area contributed by atoms with Crippen LogP contribution in [0.25, 0.3) is 11.0 Å². The Morgan fingerprint density at radius 2 is 2.07 bits per heavy atom. The molecular weight excluding hydrogens is 430 g/mol. The highest BCUT2D eigenvalue weighted by atomic mass is 79.9. The summed E-state index contributed by atoms with van der Waals surface area (Å²) in [7, 11) is 0. The molecule has 27 heavy (non-hydrogen) atoms.